The molecule has 0 aliphatic rings. The van der Waals surface area contributed by atoms with Crippen molar-refractivity contribution in [3.63, 3.8) is 0 Å². The van der Waals surface area contributed by atoms with Crippen molar-refractivity contribution in [2.75, 3.05) is 18.4 Å². The number of nitrogens with zero attached hydrogens (tertiary/aromatic N) is 1. The predicted octanol–water partition coefficient (Wildman–Crippen LogP) is 2.55. The SMILES string of the molecule is Cc1ccc(NCC(CN)C(C)C)cc1[N+](=O)[O-]. The van der Waals surface area contributed by atoms with E-state index < -0.39 is 0 Å². The quantitative estimate of drug-likeness (QED) is 0.601. The Hall–Kier alpha value is -1.62. The summed E-state index contributed by atoms with van der Waals surface area (Å²) >= 11 is 0. The molecular formula is C13H21N3O2. The highest BCUT2D eigenvalue weighted by Crippen LogP contribution is 2.22. The number of nitro groups is 1. The van der Waals surface area contributed by atoms with Crippen LogP contribution < -0.4 is 11.1 Å². The lowest BCUT2D eigenvalue weighted by atomic mass is 9.96. The van der Waals surface area contributed by atoms with E-state index in [1.165, 1.54) is 0 Å². The van der Waals surface area contributed by atoms with Gasteiger partial charge in [-0.25, -0.2) is 0 Å². The van der Waals surface area contributed by atoms with E-state index in [1.54, 1.807) is 19.1 Å². The van der Waals surface area contributed by atoms with Crippen molar-refractivity contribution in [3.05, 3.63) is 33.9 Å². The minimum atomic E-state index is -0.358. The Morgan fingerprint density at radius 2 is 2.11 bits per heavy atom. The summed E-state index contributed by atoms with van der Waals surface area (Å²) in [5.41, 5.74) is 7.28. The highest BCUT2D eigenvalue weighted by molar-refractivity contribution is 5.54. The van der Waals surface area contributed by atoms with Crippen molar-refractivity contribution in [2.45, 2.75) is 20.8 Å². The summed E-state index contributed by atoms with van der Waals surface area (Å²) in [5.74, 6) is 0.855. The second-order valence-corrected chi connectivity index (χ2v) is 4.88. The average molecular weight is 251 g/mol. The Balaban J connectivity index is 2.74. The fourth-order valence-electron chi connectivity index (χ4n) is 1.76. The van der Waals surface area contributed by atoms with E-state index >= 15 is 0 Å². The topological polar surface area (TPSA) is 81.2 Å². The van der Waals surface area contributed by atoms with E-state index in [-0.39, 0.29) is 10.6 Å². The maximum absolute atomic E-state index is 10.8. The first-order chi connectivity index (χ1) is 8.45. The fourth-order valence-corrected chi connectivity index (χ4v) is 1.76. The largest absolute Gasteiger partial charge is 0.385 e. The van der Waals surface area contributed by atoms with Crippen molar-refractivity contribution >= 4 is 11.4 Å². The second kappa shape index (κ2) is 6.35. The molecule has 100 valence electrons. The third-order valence-corrected chi connectivity index (χ3v) is 3.22. The molecule has 0 aliphatic heterocycles. The van der Waals surface area contributed by atoms with E-state index in [2.05, 4.69) is 19.2 Å². The van der Waals surface area contributed by atoms with Gasteiger partial charge in [-0.3, -0.25) is 10.1 Å². The number of aryl methyl sites for hydroxylation is 1. The van der Waals surface area contributed by atoms with E-state index in [0.29, 0.717) is 23.9 Å². The summed E-state index contributed by atoms with van der Waals surface area (Å²) in [6.07, 6.45) is 0. The Kier molecular flexibility index (Phi) is 5.09. The van der Waals surface area contributed by atoms with E-state index in [0.717, 1.165) is 12.2 Å². The molecule has 0 saturated heterocycles. The first-order valence-corrected chi connectivity index (χ1v) is 6.14. The Morgan fingerprint density at radius 3 is 2.61 bits per heavy atom. The third kappa shape index (κ3) is 3.70. The third-order valence-electron chi connectivity index (χ3n) is 3.22. The maximum Gasteiger partial charge on any atom is 0.274 e. The monoisotopic (exact) mass is 251 g/mol. The van der Waals surface area contributed by atoms with Gasteiger partial charge in [0.05, 0.1) is 4.92 Å². The van der Waals surface area contributed by atoms with Crippen LogP contribution in [0, 0.1) is 28.9 Å². The van der Waals surface area contributed by atoms with Crippen LogP contribution in [-0.2, 0) is 0 Å². The Bertz CT molecular complexity index is 419. The second-order valence-electron chi connectivity index (χ2n) is 4.88. The van der Waals surface area contributed by atoms with Crippen LogP contribution in [0.1, 0.15) is 19.4 Å². The minimum absolute atomic E-state index is 0.147. The molecule has 5 nitrogen and oxygen atoms in total. The van der Waals surface area contributed by atoms with Crippen LogP contribution in [0.2, 0.25) is 0 Å². The molecule has 3 N–H and O–H groups in total. The highest BCUT2D eigenvalue weighted by Gasteiger charge is 2.13. The number of nitro benzene ring substituents is 1. The van der Waals surface area contributed by atoms with Crippen molar-refractivity contribution in [2.24, 2.45) is 17.6 Å². The molecule has 18 heavy (non-hydrogen) atoms. The molecule has 5 heteroatoms. The lowest BCUT2D eigenvalue weighted by Crippen LogP contribution is -2.27. The number of nitrogens with one attached hydrogen (secondary N) is 1. The summed E-state index contributed by atoms with van der Waals surface area (Å²) in [6, 6.07) is 5.19. The van der Waals surface area contributed by atoms with Crippen molar-refractivity contribution in [1.82, 2.24) is 0 Å². The minimum Gasteiger partial charge on any atom is -0.385 e. The lowest BCUT2D eigenvalue weighted by molar-refractivity contribution is -0.385. The first-order valence-electron chi connectivity index (χ1n) is 6.14. The van der Waals surface area contributed by atoms with Crippen LogP contribution in [0.3, 0.4) is 0 Å². The summed E-state index contributed by atoms with van der Waals surface area (Å²) in [4.78, 5) is 10.5. The van der Waals surface area contributed by atoms with Gasteiger partial charge in [0, 0.05) is 23.9 Å². The average Bonchev–Trinajstić information content (AvgIpc) is 2.31. The molecule has 1 aromatic rings. The molecule has 0 spiro atoms. The zero-order valence-electron chi connectivity index (χ0n) is 11.1. The summed E-state index contributed by atoms with van der Waals surface area (Å²) in [7, 11) is 0. The van der Waals surface area contributed by atoms with Gasteiger partial charge in [-0.05, 0) is 31.4 Å². The molecule has 1 atom stereocenters. The van der Waals surface area contributed by atoms with Gasteiger partial charge in [0.25, 0.3) is 5.69 Å². The van der Waals surface area contributed by atoms with Gasteiger partial charge in [-0.15, -0.1) is 0 Å². The van der Waals surface area contributed by atoms with Gasteiger partial charge in [-0.2, -0.15) is 0 Å². The molecule has 0 fully saturated rings. The van der Waals surface area contributed by atoms with Crippen LogP contribution >= 0.6 is 0 Å². The van der Waals surface area contributed by atoms with Crippen LogP contribution in [0.5, 0.6) is 0 Å². The number of hydrogen-bond acceptors (Lipinski definition) is 4. The zero-order valence-corrected chi connectivity index (χ0v) is 11.1. The summed E-state index contributed by atoms with van der Waals surface area (Å²) < 4.78 is 0. The molecule has 0 amide bonds. The summed E-state index contributed by atoms with van der Waals surface area (Å²) in [6.45, 7) is 7.32. The Morgan fingerprint density at radius 1 is 1.44 bits per heavy atom. The van der Waals surface area contributed by atoms with Gasteiger partial charge >= 0.3 is 0 Å². The molecular weight excluding hydrogens is 230 g/mol. The molecule has 0 bridgehead atoms. The van der Waals surface area contributed by atoms with Crippen LogP contribution in [0.4, 0.5) is 11.4 Å². The van der Waals surface area contributed by atoms with Crippen LogP contribution in [-0.4, -0.2) is 18.0 Å². The lowest BCUT2D eigenvalue weighted by Gasteiger charge is -2.19. The van der Waals surface area contributed by atoms with Gasteiger partial charge in [0.15, 0.2) is 0 Å². The van der Waals surface area contributed by atoms with Gasteiger partial charge in [0.1, 0.15) is 0 Å². The van der Waals surface area contributed by atoms with Gasteiger partial charge in [0.2, 0.25) is 0 Å². The molecule has 1 aromatic carbocycles. The van der Waals surface area contributed by atoms with Crippen LogP contribution in [0.15, 0.2) is 18.2 Å². The number of anilines is 1. The van der Waals surface area contributed by atoms with Crippen molar-refractivity contribution in [3.8, 4) is 0 Å². The predicted molar refractivity (Wildman–Crippen MR) is 73.7 cm³/mol. The standard InChI is InChI=1S/C13H21N3O2/c1-9(2)11(7-14)8-15-12-5-4-10(3)13(6-12)16(17)18/h4-6,9,11,15H,7-8,14H2,1-3H3. The molecule has 0 saturated carbocycles. The number of hydrogen-bond donors (Lipinski definition) is 2. The first kappa shape index (κ1) is 14.4. The van der Waals surface area contributed by atoms with E-state index in [9.17, 15) is 10.1 Å². The Labute approximate surface area is 108 Å². The molecule has 0 heterocycles. The smallest absolute Gasteiger partial charge is 0.274 e. The number of rotatable bonds is 6. The number of benzene rings is 1. The zero-order chi connectivity index (χ0) is 13.7. The summed E-state index contributed by atoms with van der Waals surface area (Å²) in [5, 5.41) is 14.0. The van der Waals surface area contributed by atoms with Gasteiger partial charge < -0.3 is 11.1 Å². The van der Waals surface area contributed by atoms with Crippen LogP contribution in [0.25, 0.3) is 0 Å². The molecule has 1 unspecified atom stereocenters. The van der Waals surface area contributed by atoms with E-state index in [4.69, 9.17) is 5.73 Å². The fraction of sp³-hybridized carbons (Fsp3) is 0.538. The molecule has 0 radical (unpaired) electrons. The molecule has 0 aromatic heterocycles. The highest BCUT2D eigenvalue weighted by atomic mass is 16.6. The molecule has 0 aliphatic carbocycles. The van der Waals surface area contributed by atoms with Crippen molar-refractivity contribution < 1.29 is 4.92 Å². The van der Waals surface area contributed by atoms with Gasteiger partial charge in [-0.1, -0.05) is 19.9 Å². The maximum atomic E-state index is 10.8. The van der Waals surface area contributed by atoms with E-state index in [1.807, 2.05) is 6.07 Å². The molecule has 1 rings (SSSR count). The normalized spacial score (nSPS) is 12.5. The number of nitrogens with two attached hydrogens (primary N) is 1. The van der Waals surface area contributed by atoms with Crippen molar-refractivity contribution in [1.29, 1.82) is 0 Å².